The van der Waals surface area contributed by atoms with Crippen molar-refractivity contribution in [2.24, 2.45) is 5.92 Å². The standard InChI is InChI=1S/C13H17ClN4/c1-10-7-12-13(15-4-6-18(12)16-10)17-5-2-3-11(8-14)9-17/h4,6-7,11H,2-3,5,8-9H2,1H3. The highest BCUT2D eigenvalue weighted by Crippen LogP contribution is 2.25. The molecular weight excluding hydrogens is 248 g/mol. The monoisotopic (exact) mass is 264 g/mol. The fourth-order valence-electron chi connectivity index (χ4n) is 2.66. The lowest BCUT2D eigenvalue weighted by molar-refractivity contribution is 0.449. The zero-order valence-electron chi connectivity index (χ0n) is 10.5. The number of rotatable bonds is 2. The van der Waals surface area contributed by atoms with Crippen LogP contribution >= 0.6 is 11.6 Å². The summed E-state index contributed by atoms with van der Waals surface area (Å²) in [7, 11) is 0. The van der Waals surface area contributed by atoms with E-state index in [9.17, 15) is 0 Å². The average Bonchev–Trinajstić information content (AvgIpc) is 2.78. The van der Waals surface area contributed by atoms with Crippen molar-refractivity contribution in [3.63, 3.8) is 0 Å². The molecule has 2 aromatic heterocycles. The molecule has 3 heterocycles. The second-order valence-corrected chi connectivity index (χ2v) is 5.28. The normalized spacial score (nSPS) is 20.6. The van der Waals surface area contributed by atoms with Crippen molar-refractivity contribution in [2.45, 2.75) is 19.8 Å². The van der Waals surface area contributed by atoms with Gasteiger partial charge in [-0.2, -0.15) is 5.10 Å². The van der Waals surface area contributed by atoms with Crippen LogP contribution in [0.3, 0.4) is 0 Å². The number of alkyl halides is 1. The predicted octanol–water partition coefficient (Wildman–Crippen LogP) is 2.49. The van der Waals surface area contributed by atoms with E-state index in [0.717, 1.165) is 36.0 Å². The highest BCUT2D eigenvalue weighted by Gasteiger charge is 2.22. The van der Waals surface area contributed by atoms with Gasteiger partial charge in [-0.25, -0.2) is 9.50 Å². The largest absolute Gasteiger partial charge is 0.355 e. The minimum absolute atomic E-state index is 0.575. The number of piperidine rings is 1. The van der Waals surface area contributed by atoms with Gasteiger partial charge in [-0.1, -0.05) is 0 Å². The number of anilines is 1. The number of aryl methyl sites for hydroxylation is 1. The second kappa shape index (κ2) is 4.76. The summed E-state index contributed by atoms with van der Waals surface area (Å²) in [6.07, 6.45) is 6.13. The van der Waals surface area contributed by atoms with E-state index in [2.05, 4.69) is 21.0 Å². The van der Waals surface area contributed by atoms with Crippen LogP contribution in [-0.2, 0) is 0 Å². The molecule has 4 nitrogen and oxygen atoms in total. The molecule has 2 aromatic rings. The lowest BCUT2D eigenvalue weighted by Crippen LogP contribution is -2.36. The zero-order valence-corrected chi connectivity index (χ0v) is 11.3. The Balaban J connectivity index is 1.98. The van der Waals surface area contributed by atoms with E-state index in [-0.39, 0.29) is 0 Å². The van der Waals surface area contributed by atoms with Crippen LogP contribution in [0, 0.1) is 12.8 Å². The van der Waals surface area contributed by atoms with Gasteiger partial charge in [0.2, 0.25) is 0 Å². The lowest BCUT2D eigenvalue weighted by atomic mass is 10.00. The van der Waals surface area contributed by atoms with Crippen molar-refractivity contribution in [2.75, 3.05) is 23.9 Å². The molecule has 1 aliphatic rings. The van der Waals surface area contributed by atoms with E-state index in [1.165, 1.54) is 12.8 Å². The van der Waals surface area contributed by atoms with Crippen molar-refractivity contribution in [3.05, 3.63) is 24.2 Å². The van der Waals surface area contributed by atoms with Gasteiger partial charge in [0.1, 0.15) is 5.52 Å². The van der Waals surface area contributed by atoms with Gasteiger partial charge in [0, 0.05) is 31.4 Å². The summed E-state index contributed by atoms with van der Waals surface area (Å²) in [4.78, 5) is 6.87. The Kier molecular flexibility index (Phi) is 3.12. The van der Waals surface area contributed by atoms with Crippen LogP contribution < -0.4 is 4.90 Å². The summed E-state index contributed by atoms with van der Waals surface area (Å²) in [6, 6.07) is 2.09. The van der Waals surface area contributed by atoms with Gasteiger partial charge in [-0.15, -0.1) is 11.6 Å². The van der Waals surface area contributed by atoms with Gasteiger partial charge < -0.3 is 4.90 Å². The fraction of sp³-hybridized carbons (Fsp3) is 0.538. The van der Waals surface area contributed by atoms with Crippen LogP contribution in [0.1, 0.15) is 18.5 Å². The molecule has 0 N–H and O–H groups in total. The molecule has 1 saturated heterocycles. The van der Waals surface area contributed by atoms with Crippen LogP contribution in [-0.4, -0.2) is 33.6 Å². The molecule has 0 amide bonds. The first-order valence-electron chi connectivity index (χ1n) is 6.40. The summed E-state index contributed by atoms with van der Waals surface area (Å²) in [5, 5.41) is 4.43. The lowest BCUT2D eigenvalue weighted by Gasteiger charge is -2.32. The first-order chi connectivity index (χ1) is 8.78. The molecule has 0 spiro atoms. The molecule has 1 unspecified atom stereocenters. The molecule has 0 saturated carbocycles. The highest BCUT2D eigenvalue weighted by molar-refractivity contribution is 6.18. The Bertz CT molecular complexity index is 551. The summed E-state index contributed by atoms with van der Waals surface area (Å²) in [5.74, 6) is 2.34. The minimum atomic E-state index is 0.575. The smallest absolute Gasteiger partial charge is 0.154 e. The second-order valence-electron chi connectivity index (χ2n) is 4.97. The van der Waals surface area contributed by atoms with E-state index in [1.807, 2.05) is 23.8 Å². The summed E-state index contributed by atoms with van der Waals surface area (Å²) < 4.78 is 1.90. The Morgan fingerprint density at radius 1 is 1.50 bits per heavy atom. The van der Waals surface area contributed by atoms with Crippen LogP contribution in [0.2, 0.25) is 0 Å². The van der Waals surface area contributed by atoms with Gasteiger partial charge >= 0.3 is 0 Å². The van der Waals surface area contributed by atoms with E-state index in [1.54, 1.807) is 0 Å². The van der Waals surface area contributed by atoms with Crippen molar-refractivity contribution in [1.29, 1.82) is 0 Å². The highest BCUT2D eigenvalue weighted by atomic mass is 35.5. The minimum Gasteiger partial charge on any atom is -0.355 e. The number of hydrogen-bond acceptors (Lipinski definition) is 3. The quantitative estimate of drug-likeness (QED) is 0.782. The van der Waals surface area contributed by atoms with E-state index >= 15 is 0 Å². The number of halogens is 1. The van der Waals surface area contributed by atoms with Gasteiger partial charge in [0.25, 0.3) is 0 Å². The Hall–Kier alpha value is -1.29. The fourth-order valence-corrected chi connectivity index (χ4v) is 2.91. The zero-order chi connectivity index (χ0) is 12.5. The number of aromatic nitrogens is 3. The first kappa shape index (κ1) is 11.8. The maximum atomic E-state index is 5.99. The molecule has 3 rings (SSSR count). The van der Waals surface area contributed by atoms with Crippen LogP contribution in [0.15, 0.2) is 18.5 Å². The first-order valence-corrected chi connectivity index (χ1v) is 6.93. The number of hydrogen-bond donors (Lipinski definition) is 0. The SMILES string of the molecule is Cc1cc2c(N3CCCC(CCl)C3)nccn2n1. The molecule has 0 bridgehead atoms. The summed E-state index contributed by atoms with van der Waals surface area (Å²) >= 11 is 5.99. The Morgan fingerprint density at radius 2 is 2.39 bits per heavy atom. The maximum absolute atomic E-state index is 5.99. The van der Waals surface area contributed by atoms with Crippen LogP contribution in [0.25, 0.3) is 5.52 Å². The maximum Gasteiger partial charge on any atom is 0.154 e. The summed E-state index contributed by atoms with van der Waals surface area (Å²) in [5.41, 5.74) is 2.11. The summed E-state index contributed by atoms with van der Waals surface area (Å²) in [6.45, 7) is 4.07. The van der Waals surface area contributed by atoms with Crippen molar-refractivity contribution in [1.82, 2.24) is 14.6 Å². The number of fused-ring (bicyclic) bond motifs is 1. The molecule has 5 heteroatoms. The van der Waals surface area contributed by atoms with Crippen LogP contribution in [0.5, 0.6) is 0 Å². The van der Waals surface area contributed by atoms with Gasteiger partial charge in [-0.05, 0) is 31.7 Å². The average molecular weight is 265 g/mol. The van der Waals surface area contributed by atoms with Crippen LogP contribution in [0.4, 0.5) is 5.82 Å². The third-order valence-corrected chi connectivity index (χ3v) is 3.96. The molecule has 0 radical (unpaired) electrons. The molecule has 0 aromatic carbocycles. The van der Waals surface area contributed by atoms with Gasteiger partial charge in [0.05, 0.1) is 5.69 Å². The molecule has 1 fully saturated rings. The van der Waals surface area contributed by atoms with Crippen molar-refractivity contribution >= 4 is 22.9 Å². The molecular formula is C13H17ClN4. The van der Waals surface area contributed by atoms with E-state index in [0.29, 0.717) is 5.92 Å². The number of nitrogens with zero attached hydrogens (tertiary/aromatic N) is 4. The van der Waals surface area contributed by atoms with Gasteiger partial charge in [-0.3, -0.25) is 0 Å². The molecule has 1 atom stereocenters. The van der Waals surface area contributed by atoms with Crippen molar-refractivity contribution < 1.29 is 0 Å². The topological polar surface area (TPSA) is 33.4 Å². The molecule has 1 aliphatic heterocycles. The van der Waals surface area contributed by atoms with Crippen molar-refractivity contribution in [3.8, 4) is 0 Å². The Labute approximate surface area is 112 Å². The molecule has 0 aliphatic carbocycles. The molecule has 96 valence electrons. The van der Waals surface area contributed by atoms with E-state index < -0.39 is 0 Å². The third-order valence-electron chi connectivity index (χ3n) is 3.53. The molecule has 18 heavy (non-hydrogen) atoms. The van der Waals surface area contributed by atoms with E-state index in [4.69, 9.17) is 11.6 Å². The third kappa shape index (κ3) is 2.05. The Morgan fingerprint density at radius 3 is 3.22 bits per heavy atom. The van der Waals surface area contributed by atoms with Gasteiger partial charge in [0.15, 0.2) is 5.82 Å². The predicted molar refractivity (Wildman–Crippen MR) is 73.4 cm³/mol.